The molecule has 15 nitrogen and oxygen atoms in total. The van der Waals surface area contributed by atoms with E-state index in [-0.39, 0.29) is 35.9 Å². The maximum absolute atomic E-state index is 11.1. The zero-order valence-corrected chi connectivity index (χ0v) is 20.0. The molecule has 0 saturated carbocycles. The van der Waals surface area contributed by atoms with Crippen molar-refractivity contribution >= 4 is 35.0 Å². The maximum Gasteiger partial charge on any atom is 0.280 e. The molecule has 198 valence electrons. The first-order valence-corrected chi connectivity index (χ1v) is 11.7. The predicted octanol–water partition coefficient (Wildman–Crippen LogP) is -2.23. The van der Waals surface area contributed by atoms with Crippen LogP contribution in [0.3, 0.4) is 0 Å². The number of hydrogen-bond donors (Lipinski definition) is 6. The number of anilines is 1. The van der Waals surface area contributed by atoms with Crippen molar-refractivity contribution in [3.63, 3.8) is 0 Å². The molecule has 38 heavy (non-hydrogen) atoms. The second-order valence-corrected chi connectivity index (χ2v) is 8.81. The molecular weight excluding hydrogens is 496 g/mol. The lowest BCUT2D eigenvalue weighted by molar-refractivity contribution is -0.0688. The molecule has 3 aliphatic heterocycles. The van der Waals surface area contributed by atoms with E-state index in [1.807, 2.05) is 30.3 Å². The van der Waals surface area contributed by atoms with E-state index in [0.717, 1.165) is 5.56 Å². The van der Waals surface area contributed by atoms with Crippen LogP contribution in [-0.2, 0) is 11.2 Å². The molecule has 8 N–H and O–H groups in total. The van der Waals surface area contributed by atoms with Gasteiger partial charge in [-0.3, -0.25) is 14.8 Å². The number of aliphatic hydroxyl groups is 3. The normalized spacial score (nSPS) is 27.9. The lowest BCUT2D eigenvalue weighted by atomic mass is 9.94. The summed E-state index contributed by atoms with van der Waals surface area (Å²) in [7, 11) is 0. The summed E-state index contributed by atoms with van der Waals surface area (Å²) in [6, 6.07) is 9.73. The third-order valence-electron chi connectivity index (χ3n) is 6.25. The summed E-state index contributed by atoms with van der Waals surface area (Å²) < 4.78 is 5.59. The fourth-order valence-electron chi connectivity index (χ4n) is 4.40. The fraction of sp³-hybridized carbons (Fsp3) is 0.348. The van der Waals surface area contributed by atoms with Gasteiger partial charge in [0.1, 0.15) is 37.0 Å². The Morgan fingerprint density at radius 3 is 2.66 bits per heavy atom. The number of amidine groups is 1. The Bertz CT molecular complexity index is 1460. The molecule has 1 saturated heterocycles. The van der Waals surface area contributed by atoms with Gasteiger partial charge in [0, 0.05) is 18.8 Å². The van der Waals surface area contributed by atoms with E-state index in [0.29, 0.717) is 18.0 Å². The number of nitrogen functional groups attached to an aromatic ring is 1. The summed E-state index contributed by atoms with van der Waals surface area (Å²) in [5.41, 5.74) is 12.4. The highest BCUT2D eigenvalue weighted by atomic mass is 16.6. The van der Waals surface area contributed by atoms with Gasteiger partial charge in [-0.1, -0.05) is 30.3 Å². The van der Waals surface area contributed by atoms with Crippen LogP contribution in [0.2, 0.25) is 0 Å². The zero-order valence-electron chi connectivity index (χ0n) is 20.0. The molecule has 3 aliphatic rings. The Morgan fingerprint density at radius 1 is 1.16 bits per heavy atom. The number of rotatable bonds is 4. The number of aliphatic hydroxyl groups excluding tert-OH is 3. The molecule has 2 aromatic heterocycles. The van der Waals surface area contributed by atoms with Crippen LogP contribution in [0.5, 0.6) is 0 Å². The number of H-pyrrole nitrogens is 1. The van der Waals surface area contributed by atoms with Crippen molar-refractivity contribution in [1.29, 1.82) is 0 Å². The Kier molecular flexibility index (Phi) is 6.92. The lowest BCUT2D eigenvalue weighted by Gasteiger charge is -2.32. The SMILES string of the molecule is NC1(Cc2ccccc2)N=CN=C2C1=NCN2[C@@H]1O[C@H](CO)[C@@H](O)[C@H]1O.Nc1nc2nccnc2c(=O)[nH]1. The third kappa shape index (κ3) is 4.75. The molecule has 0 amide bonds. The highest BCUT2D eigenvalue weighted by Gasteiger charge is 2.50. The third-order valence-corrected chi connectivity index (χ3v) is 6.25. The average molecular weight is 523 g/mol. The van der Waals surface area contributed by atoms with E-state index in [2.05, 4.69) is 34.9 Å². The molecular formula is C23H26N10O5. The van der Waals surface area contributed by atoms with E-state index in [9.17, 15) is 20.1 Å². The number of ether oxygens (including phenoxy) is 1. The molecule has 3 aromatic rings. The van der Waals surface area contributed by atoms with Gasteiger partial charge < -0.3 is 36.4 Å². The highest BCUT2D eigenvalue weighted by Crippen LogP contribution is 2.29. The van der Waals surface area contributed by atoms with Crippen LogP contribution in [0, 0.1) is 0 Å². The average Bonchev–Trinajstić information content (AvgIpc) is 3.46. The number of nitrogens with two attached hydrogens (primary N) is 2. The molecule has 1 unspecified atom stereocenters. The first-order valence-electron chi connectivity index (χ1n) is 11.7. The number of hydrogen-bond acceptors (Lipinski definition) is 14. The van der Waals surface area contributed by atoms with Gasteiger partial charge in [0.15, 0.2) is 28.9 Å². The molecule has 6 rings (SSSR count). The zero-order chi connectivity index (χ0) is 26.9. The van der Waals surface area contributed by atoms with E-state index in [1.54, 1.807) is 4.90 Å². The smallest absolute Gasteiger partial charge is 0.280 e. The summed E-state index contributed by atoms with van der Waals surface area (Å²) in [6.07, 6.45) is 0.619. The van der Waals surface area contributed by atoms with Crippen LogP contribution in [-0.4, -0.2) is 102 Å². The van der Waals surface area contributed by atoms with Crippen molar-refractivity contribution in [1.82, 2.24) is 24.8 Å². The van der Waals surface area contributed by atoms with Crippen molar-refractivity contribution in [2.45, 2.75) is 36.6 Å². The van der Waals surface area contributed by atoms with Crippen molar-refractivity contribution in [2.24, 2.45) is 20.7 Å². The second-order valence-electron chi connectivity index (χ2n) is 8.81. The molecule has 5 atom stereocenters. The summed E-state index contributed by atoms with van der Waals surface area (Å²) >= 11 is 0. The number of fused-ring (bicyclic) bond motifs is 2. The Labute approximate surface area is 215 Å². The van der Waals surface area contributed by atoms with E-state index < -0.39 is 30.2 Å². The molecule has 0 spiro atoms. The minimum atomic E-state index is -1.19. The van der Waals surface area contributed by atoms with Gasteiger partial charge in [-0.05, 0) is 5.56 Å². The predicted molar refractivity (Wildman–Crippen MR) is 137 cm³/mol. The number of aromatic nitrogens is 4. The maximum atomic E-state index is 11.1. The van der Waals surface area contributed by atoms with E-state index in [1.165, 1.54) is 18.7 Å². The summed E-state index contributed by atoms with van der Waals surface area (Å²) in [5.74, 6) is 0.515. The molecule has 0 aliphatic carbocycles. The van der Waals surface area contributed by atoms with Gasteiger partial charge in [-0.2, -0.15) is 4.98 Å². The second kappa shape index (κ2) is 10.3. The largest absolute Gasteiger partial charge is 0.394 e. The number of aliphatic imine (C=N–C) groups is 3. The van der Waals surface area contributed by atoms with Crippen molar-refractivity contribution in [3.8, 4) is 0 Å². The first-order chi connectivity index (χ1) is 18.3. The van der Waals surface area contributed by atoms with Crippen LogP contribution in [0.4, 0.5) is 5.95 Å². The number of benzene rings is 1. The molecule has 0 radical (unpaired) electrons. The minimum Gasteiger partial charge on any atom is -0.394 e. The van der Waals surface area contributed by atoms with Gasteiger partial charge in [0.2, 0.25) is 5.95 Å². The topological polar surface area (TPSA) is 234 Å². The number of nitrogens with zero attached hydrogens (tertiary/aromatic N) is 7. The quantitative estimate of drug-likeness (QED) is 0.214. The van der Waals surface area contributed by atoms with Crippen molar-refractivity contribution < 1.29 is 20.1 Å². The van der Waals surface area contributed by atoms with Gasteiger partial charge >= 0.3 is 0 Å². The molecule has 1 aromatic carbocycles. The monoisotopic (exact) mass is 522 g/mol. The van der Waals surface area contributed by atoms with Crippen LogP contribution >= 0.6 is 0 Å². The lowest BCUT2D eigenvalue weighted by Crippen LogP contribution is -2.56. The van der Waals surface area contributed by atoms with Crippen molar-refractivity contribution in [2.75, 3.05) is 19.0 Å². The molecule has 0 bridgehead atoms. The fourth-order valence-corrected chi connectivity index (χ4v) is 4.40. The first kappa shape index (κ1) is 25.5. The summed E-state index contributed by atoms with van der Waals surface area (Å²) in [6.45, 7) is -0.211. The molecule has 1 fully saturated rings. The van der Waals surface area contributed by atoms with Gasteiger partial charge in [0.05, 0.1) is 6.61 Å². The van der Waals surface area contributed by atoms with E-state index >= 15 is 0 Å². The molecule has 15 heteroatoms. The highest BCUT2D eigenvalue weighted by molar-refractivity contribution is 6.47. The van der Waals surface area contributed by atoms with E-state index in [4.69, 9.17) is 16.2 Å². The summed E-state index contributed by atoms with van der Waals surface area (Å²) in [4.78, 5) is 39.6. The summed E-state index contributed by atoms with van der Waals surface area (Å²) in [5, 5.41) is 29.5. The number of nitrogens with one attached hydrogen (secondary N) is 1. The van der Waals surface area contributed by atoms with Crippen LogP contribution in [0.15, 0.2) is 62.5 Å². The van der Waals surface area contributed by atoms with Crippen LogP contribution in [0.1, 0.15) is 5.56 Å². The van der Waals surface area contributed by atoms with Gasteiger partial charge in [-0.15, -0.1) is 0 Å². The Morgan fingerprint density at radius 2 is 1.92 bits per heavy atom. The standard InChI is InChI=1S/C17H21N5O4.C6H5N5O/c18-17(6-10-4-2-1-3-5-10)14-15(19-8-21-17)22(9-20-14)16-13(25)12(24)11(7-23)26-16;7-6-10-4-3(5(12)11-6)8-1-2-9-4/h1-5,8,11-13,16,23-25H,6-7,9,18H2;1-2H,(H3,7,9,10,11,12)/t11-,12-,13-,16-,17?;/m1./s1. The van der Waals surface area contributed by atoms with Crippen LogP contribution < -0.4 is 17.0 Å². The Balaban J connectivity index is 0.000000204. The molecule has 5 heterocycles. The van der Waals surface area contributed by atoms with Crippen molar-refractivity contribution in [3.05, 3.63) is 58.6 Å². The van der Waals surface area contributed by atoms with Gasteiger partial charge in [-0.25, -0.2) is 20.0 Å². The number of aromatic amines is 1. The Hall–Kier alpha value is -4.15. The minimum absolute atomic E-state index is 0.0491. The van der Waals surface area contributed by atoms with Crippen LogP contribution in [0.25, 0.3) is 11.2 Å². The van der Waals surface area contributed by atoms with Gasteiger partial charge in [0.25, 0.3) is 5.56 Å².